The van der Waals surface area contributed by atoms with Gasteiger partial charge in [-0.05, 0) is 90.2 Å². The number of amides is 1. The fraction of sp³-hybridized carbons (Fsp3) is 0.189. The van der Waals surface area contributed by atoms with E-state index in [1.165, 1.54) is 4.90 Å². The molecule has 8 nitrogen and oxygen atoms in total. The molecule has 10 heteroatoms. The number of aryl methyl sites for hydroxylation is 2. The van der Waals surface area contributed by atoms with E-state index < -0.39 is 15.9 Å². The number of aromatic nitrogens is 1. The second kappa shape index (κ2) is 15.3. The monoisotopic (exact) mass is 665 g/mol. The minimum absolute atomic E-state index is 0.0311. The number of benzene rings is 4. The minimum Gasteiger partial charge on any atom is -0.454 e. The van der Waals surface area contributed by atoms with Crippen molar-refractivity contribution in [3.8, 4) is 11.5 Å². The van der Waals surface area contributed by atoms with E-state index in [-0.39, 0.29) is 17.3 Å². The van der Waals surface area contributed by atoms with Gasteiger partial charge in [-0.1, -0.05) is 54.6 Å². The maximum atomic E-state index is 13.1. The Kier molecular flexibility index (Phi) is 10.5. The van der Waals surface area contributed by atoms with Crippen molar-refractivity contribution < 1.29 is 22.7 Å². The first-order chi connectivity index (χ1) is 22.9. The Labute approximate surface area is 279 Å². The maximum Gasteiger partial charge on any atom is 0.264 e. The molecule has 1 aliphatic rings. The Bertz CT molecular complexity index is 1890. The lowest BCUT2D eigenvalue weighted by Crippen LogP contribution is -2.30. The number of hydrogen-bond acceptors (Lipinski definition) is 8. The van der Waals surface area contributed by atoms with E-state index in [9.17, 15) is 13.2 Å². The van der Waals surface area contributed by atoms with Crippen molar-refractivity contribution in [3.63, 3.8) is 0 Å². The van der Waals surface area contributed by atoms with Crippen LogP contribution < -0.4 is 14.2 Å². The molecule has 1 aliphatic heterocycles. The maximum absolute atomic E-state index is 13.1. The number of thioether (sulfide) groups is 1. The number of pyridine rings is 1. The molecule has 47 heavy (non-hydrogen) atoms. The third-order valence-electron chi connectivity index (χ3n) is 7.74. The highest BCUT2D eigenvalue weighted by molar-refractivity contribution is 7.99. The van der Waals surface area contributed by atoms with E-state index in [0.29, 0.717) is 13.1 Å². The second-order valence-electron chi connectivity index (χ2n) is 11.2. The van der Waals surface area contributed by atoms with E-state index in [2.05, 4.69) is 26.7 Å². The Morgan fingerprint density at radius 3 is 2.23 bits per heavy atom. The van der Waals surface area contributed by atoms with Crippen LogP contribution in [0.15, 0.2) is 131 Å². The summed E-state index contributed by atoms with van der Waals surface area (Å²) in [4.78, 5) is 20.8. The van der Waals surface area contributed by atoms with Crippen LogP contribution in [0.4, 0.5) is 0 Å². The fourth-order valence-corrected chi connectivity index (χ4v) is 7.14. The summed E-state index contributed by atoms with van der Waals surface area (Å²) in [5.41, 5.74) is 4.37. The summed E-state index contributed by atoms with van der Waals surface area (Å²) in [6.07, 6.45) is 3.31. The van der Waals surface area contributed by atoms with Crippen molar-refractivity contribution in [1.82, 2.24) is 14.6 Å². The van der Waals surface area contributed by atoms with Crippen LogP contribution in [0.5, 0.6) is 11.5 Å². The average Bonchev–Trinajstić information content (AvgIpc) is 3.57. The lowest BCUT2D eigenvalue weighted by Gasteiger charge is -2.23. The van der Waals surface area contributed by atoms with Gasteiger partial charge in [-0.3, -0.25) is 14.7 Å². The van der Waals surface area contributed by atoms with Gasteiger partial charge in [0.05, 0.1) is 4.90 Å². The summed E-state index contributed by atoms with van der Waals surface area (Å²) in [7, 11) is -4.06. The number of nitrogens with one attached hydrogen (secondary N) is 1. The lowest BCUT2D eigenvalue weighted by molar-refractivity contribution is 0.0981. The van der Waals surface area contributed by atoms with E-state index in [1.807, 2.05) is 66.7 Å². The third kappa shape index (κ3) is 9.00. The van der Waals surface area contributed by atoms with Crippen LogP contribution in [0.2, 0.25) is 0 Å². The lowest BCUT2D eigenvalue weighted by atomic mass is 10.1. The van der Waals surface area contributed by atoms with Gasteiger partial charge in [0.2, 0.25) is 6.79 Å². The van der Waals surface area contributed by atoms with Crippen LogP contribution in [0, 0.1) is 0 Å². The van der Waals surface area contributed by atoms with Gasteiger partial charge in [0.15, 0.2) is 11.5 Å². The summed E-state index contributed by atoms with van der Waals surface area (Å²) in [5.74, 6) is 1.71. The first-order valence-electron chi connectivity index (χ1n) is 15.3. The molecule has 0 fully saturated rings. The molecule has 0 radical (unpaired) electrons. The second-order valence-corrected chi connectivity index (χ2v) is 14.0. The van der Waals surface area contributed by atoms with Crippen LogP contribution >= 0.6 is 11.8 Å². The molecule has 1 N–H and O–H groups in total. The number of rotatable bonds is 14. The van der Waals surface area contributed by atoms with Crippen LogP contribution in [0.3, 0.4) is 0 Å². The Hall–Kier alpha value is -4.64. The van der Waals surface area contributed by atoms with Gasteiger partial charge < -0.3 is 9.47 Å². The Balaban J connectivity index is 1.07. The van der Waals surface area contributed by atoms with Crippen molar-refractivity contribution in [1.29, 1.82) is 0 Å². The van der Waals surface area contributed by atoms with Crippen molar-refractivity contribution in [2.75, 3.05) is 19.1 Å². The molecule has 1 amide bonds. The number of sulfonamides is 1. The van der Waals surface area contributed by atoms with Crippen LogP contribution in [-0.4, -0.2) is 43.3 Å². The SMILES string of the molecule is O=C(NS(=O)(=O)c1ccc(CN(CCSc2ccccc2)Cc2ccc3c(c2)OCO3)cc1)c1ccc(CCc2ccccn2)cc1. The standard InChI is InChI=1S/C37H35N3O5S2/c41-37(31-15-9-28(10-16-31)11-17-32-6-4-5-21-38-32)39-47(42,43)34-18-12-29(13-19-34)25-40(22-23-46-33-7-2-1-3-8-33)26-30-14-20-35-36(24-30)45-27-44-35/h1-10,12-16,18-21,24H,11,17,22-23,25-27H2,(H,39,41). The molecule has 0 unspecified atom stereocenters. The molecule has 0 atom stereocenters. The number of carbonyl (C=O) groups excluding carboxylic acids is 1. The van der Waals surface area contributed by atoms with Gasteiger partial charge in [-0.15, -0.1) is 11.8 Å². The molecule has 0 saturated carbocycles. The molecule has 5 aromatic rings. The van der Waals surface area contributed by atoms with Crippen molar-refractivity contribution in [2.45, 2.75) is 35.7 Å². The smallest absolute Gasteiger partial charge is 0.264 e. The number of hydrogen-bond donors (Lipinski definition) is 1. The highest BCUT2D eigenvalue weighted by Crippen LogP contribution is 2.33. The molecular formula is C37H35N3O5S2. The van der Waals surface area contributed by atoms with E-state index in [4.69, 9.17) is 9.47 Å². The van der Waals surface area contributed by atoms with E-state index in [0.717, 1.165) is 59.0 Å². The predicted octanol–water partition coefficient (Wildman–Crippen LogP) is 6.51. The zero-order valence-electron chi connectivity index (χ0n) is 25.7. The van der Waals surface area contributed by atoms with Crippen LogP contribution in [-0.2, 0) is 36.0 Å². The Morgan fingerprint density at radius 2 is 1.47 bits per heavy atom. The summed E-state index contributed by atoms with van der Waals surface area (Å²) in [6, 6.07) is 35.7. The molecule has 2 heterocycles. The number of carbonyl (C=O) groups is 1. The fourth-order valence-electron chi connectivity index (χ4n) is 5.23. The molecule has 0 bridgehead atoms. The normalized spacial score (nSPS) is 12.3. The molecule has 6 rings (SSSR count). The van der Waals surface area contributed by atoms with Crippen LogP contribution in [0.1, 0.15) is 32.7 Å². The average molecular weight is 666 g/mol. The van der Waals surface area contributed by atoms with Gasteiger partial charge in [-0.2, -0.15) is 0 Å². The van der Waals surface area contributed by atoms with Gasteiger partial charge in [0.25, 0.3) is 15.9 Å². The third-order valence-corrected chi connectivity index (χ3v) is 10.1. The summed E-state index contributed by atoms with van der Waals surface area (Å²) >= 11 is 1.79. The number of ether oxygens (including phenoxy) is 2. The molecule has 4 aromatic carbocycles. The van der Waals surface area contributed by atoms with Gasteiger partial charge in [0.1, 0.15) is 0 Å². The largest absolute Gasteiger partial charge is 0.454 e. The molecule has 240 valence electrons. The topological polar surface area (TPSA) is 97.8 Å². The predicted molar refractivity (Wildman–Crippen MR) is 183 cm³/mol. The molecular weight excluding hydrogens is 631 g/mol. The Morgan fingerprint density at radius 1 is 0.766 bits per heavy atom. The van der Waals surface area contributed by atoms with E-state index >= 15 is 0 Å². The molecule has 0 aliphatic carbocycles. The highest BCUT2D eigenvalue weighted by atomic mass is 32.2. The molecule has 1 aromatic heterocycles. The van der Waals surface area contributed by atoms with Gasteiger partial charge in [-0.25, -0.2) is 13.1 Å². The highest BCUT2D eigenvalue weighted by Gasteiger charge is 2.20. The summed E-state index contributed by atoms with van der Waals surface area (Å²) in [5, 5.41) is 0. The van der Waals surface area contributed by atoms with Gasteiger partial charge in [0, 0.05) is 47.7 Å². The van der Waals surface area contributed by atoms with Crippen molar-refractivity contribution in [3.05, 3.63) is 149 Å². The molecule has 0 saturated heterocycles. The van der Waals surface area contributed by atoms with E-state index in [1.54, 1.807) is 54.4 Å². The van der Waals surface area contributed by atoms with Gasteiger partial charge >= 0.3 is 0 Å². The number of nitrogens with zero attached hydrogens (tertiary/aromatic N) is 2. The summed E-state index contributed by atoms with van der Waals surface area (Å²) in [6.45, 7) is 2.34. The zero-order valence-corrected chi connectivity index (χ0v) is 27.4. The number of fused-ring (bicyclic) bond motifs is 1. The quantitative estimate of drug-likeness (QED) is 0.134. The van der Waals surface area contributed by atoms with Crippen molar-refractivity contribution >= 4 is 27.7 Å². The first kappa shape index (κ1) is 32.3. The zero-order chi connectivity index (χ0) is 32.5. The van der Waals surface area contributed by atoms with Crippen LogP contribution in [0.25, 0.3) is 0 Å². The first-order valence-corrected chi connectivity index (χ1v) is 17.8. The minimum atomic E-state index is -4.06. The van der Waals surface area contributed by atoms with Crippen molar-refractivity contribution in [2.24, 2.45) is 0 Å². The summed E-state index contributed by atoms with van der Waals surface area (Å²) < 4.78 is 39.5. The molecule has 0 spiro atoms.